The topological polar surface area (TPSA) is 50.8 Å². The summed E-state index contributed by atoms with van der Waals surface area (Å²) in [4.78, 5) is 14.5. The van der Waals surface area contributed by atoms with Gasteiger partial charge in [-0.3, -0.25) is 9.69 Å². The first-order chi connectivity index (χ1) is 11.5. The smallest absolute Gasteiger partial charge is 0.241 e. The fraction of sp³-hybridized carbons (Fsp3) is 0.316. The molecule has 24 heavy (non-hydrogen) atoms. The van der Waals surface area contributed by atoms with Crippen LogP contribution in [0.25, 0.3) is 0 Å². The number of amides is 1. The standard InChI is InChI=1S/C19H24N2O3/c1-14(21(2)13-15-8-6-5-7-9-15)19(22)20-17-11-10-16(23-3)12-18(17)24-4/h5-12,14H,13H2,1-4H3,(H,20,22). The second-order valence-electron chi connectivity index (χ2n) is 5.63. The van der Waals surface area contributed by atoms with Crippen LogP contribution >= 0.6 is 0 Å². The molecule has 0 fully saturated rings. The monoisotopic (exact) mass is 328 g/mol. The molecular formula is C19H24N2O3. The molecule has 5 heteroatoms. The molecule has 0 aliphatic carbocycles. The van der Waals surface area contributed by atoms with E-state index in [1.54, 1.807) is 32.4 Å². The van der Waals surface area contributed by atoms with Gasteiger partial charge in [0.05, 0.1) is 25.9 Å². The van der Waals surface area contributed by atoms with E-state index >= 15 is 0 Å². The predicted octanol–water partition coefficient (Wildman–Crippen LogP) is 3.16. The average molecular weight is 328 g/mol. The molecule has 0 saturated carbocycles. The van der Waals surface area contributed by atoms with Gasteiger partial charge in [0.2, 0.25) is 5.91 Å². The lowest BCUT2D eigenvalue weighted by Gasteiger charge is -2.24. The zero-order chi connectivity index (χ0) is 17.5. The van der Waals surface area contributed by atoms with Crippen molar-refractivity contribution in [1.82, 2.24) is 4.90 Å². The van der Waals surface area contributed by atoms with Gasteiger partial charge in [0, 0.05) is 12.6 Å². The molecule has 0 saturated heterocycles. The number of carbonyl (C=O) groups is 1. The van der Waals surface area contributed by atoms with Crippen LogP contribution in [0.1, 0.15) is 12.5 Å². The molecule has 1 unspecified atom stereocenters. The summed E-state index contributed by atoms with van der Waals surface area (Å²) in [7, 11) is 5.09. The van der Waals surface area contributed by atoms with Crippen LogP contribution in [0.15, 0.2) is 48.5 Å². The molecular weight excluding hydrogens is 304 g/mol. The first kappa shape index (κ1) is 17.8. The highest BCUT2D eigenvalue weighted by Gasteiger charge is 2.19. The van der Waals surface area contributed by atoms with Gasteiger partial charge < -0.3 is 14.8 Å². The van der Waals surface area contributed by atoms with Crippen molar-refractivity contribution in [2.45, 2.75) is 19.5 Å². The third-order valence-corrected chi connectivity index (χ3v) is 3.98. The Morgan fingerprint density at radius 2 is 1.83 bits per heavy atom. The average Bonchev–Trinajstić information content (AvgIpc) is 2.62. The molecule has 1 amide bonds. The maximum absolute atomic E-state index is 12.5. The van der Waals surface area contributed by atoms with E-state index in [1.165, 1.54) is 5.56 Å². The highest BCUT2D eigenvalue weighted by Crippen LogP contribution is 2.29. The molecule has 128 valence electrons. The predicted molar refractivity (Wildman–Crippen MR) is 95.5 cm³/mol. The maximum atomic E-state index is 12.5. The van der Waals surface area contributed by atoms with Crippen LogP contribution < -0.4 is 14.8 Å². The molecule has 1 atom stereocenters. The SMILES string of the molecule is COc1ccc(NC(=O)C(C)N(C)Cc2ccccc2)c(OC)c1. The quantitative estimate of drug-likeness (QED) is 0.848. The molecule has 0 radical (unpaired) electrons. The van der Waals surface area contributed by atoms with E-state index in [0.717, 1.165) is 0 Å². The van der Waals surface area contributed by atoms with Gasteiger partial charge in [0.1, 0.15) is 11.5 Å². The van der Waals surface area contributed by atoms with Crippen molar-refractivity contribution in [2.24, 2.45) is 0 Å². The van der Waals surface area contributed by atoms with E-state index in [4.69, 9.17) is 9.47 Å². The Kier molecular flexibility index (Phi) is 6.21. The summed E-state index contributed by atoms with van der Waals surface area (Å²) in [5.41, 5.74) is 1.80. The minimum atomic E-state index is -0.281. The highest BCUT2D eigenvalue weighted by atomic mass is 16.5. The number of hydrogen-bond acceptors (Lipinski definition) is 4. The van der Waals surface area contributed by atoms with Crippen LogP contribution in [0.4, 0.5) is 5.69 Å². The van der Waals surface area contributed by atoms with Gasteiger partial charge in [0.25, 0.3) is 0 Å². The number of anilines is 1. The summed E-state index contributed by atoms with van der Waals surface area (Å²) >= 11 is 0. The van der Waals surface area contributed by atoms with Crippen LogP contribution in [-0.2, 0) is 11.3 Å². The van der Waals surface area contributed by atoms with Gasteiger partial charge in [-0.15, -0.1) is 0 Å². The highest BCUT2D eigenvalue weighted by molar-refractivity contribution is 5.95. The number of benzene rings is 2. The zero-order valence-corrected chi connectivity index (χ0v) is 14.6. The second-order valence-corrected chi connectivity index (χ2v) is 5.63. The lowest BCUT2D eigenvalue weighted by Crippen LogP contribution is -2.39. The Balaban J connectivity index is 2.03. The van der Waals surface area contributed by atoms with Crippen molar-refractivity contribution in [1.29, 1.82) is 0 Å². The summed E-state index contributed by atoms with van der Waals surface area (Å²) in [6.07, 6.45) is 0. The molecule has 0 bridgehead atoms. The minimum Gasteiger partial charge on any atom is -0.497 e. The first-order valence-electron chi connectivity index (χ1n) is 7.82. The molecule has 2 rings (SSSR count). The maximum Gasteiger partial charge on any atom is 0.241 e. The largest absolute Gasteiger partial charge is 0.497 e. The Hall–Kier alpha value is -2.53. The van der Waals surface area contributed by atoms with Gasteiger partial charge >= 0.3 is 0 Å². The molecule has 0 aromatic heterocycles. The molecule has 0 heterocycles. The number of rotatable bonds is 7. The molecule has 0 aliphatic rings. The van der Waals surface area contributed by atoms with Gasteiger partial charge in [-0.25, -0.2) is 0 Å². The van der Waals surface area contributed by atoms with Crippen molar-refractivity contribution >= 4 is 11.6 Å². The number of likely N-dealkylation sites (N-methyl/N-ethyl adjacent to an activating group) is 1. The number of hydrogen-bond donors (Lipinski definition) is 1. The van der Waals surface area contributed by atoms with Crippen LogP contribution in [-0.4, -0.2) is 38.1 Å². The Labute approximate surface area is 143 Å². The summed E-state index contributed by atoms with van der Waals surface area (Å²) in [6.45, 7) is 2.59. The van der Waals surface area contributed by atoms with Crippen molar-refractivity contribution < 1.29 is 14.3 Å². The van der Waals surface area contributed by atoms with Gasteiger partial charge in [-0.05, 0) is 31.7 Å². The second kappa shape index (κ2) is 8.36. The third-order valence-electron chi connectivity index (χ3n) is 3.98. The van der Waals surface area contributed by atoms with Gasteiger partial charge in [-0.1, -0.05) is 30.3 Å². The van der Waals surface area contributed by atoms with E-state index in [2.05, 4.69) is 5.32 Å². The summed E-state index contributed by atoms with van der Waals surface area (Å²) in [6, 6.07) is 15.1. The van der Waals surface area contributed by atoms with E-state index in [-0.39, 0.29) is 11.9 Å². The van der Waals surface area contributed by atoms with Crippen molar-refractivity contribution in [3.8, 4) is 11.5 Å². The molecule has 5 nitrogen and oxygen atoms in total. The van der Waals surface area contributed by atoms with Crippen LogP contribution in [0, 0.1) is 0 Å². The third kappa shape index (κ3) is 4.49. The number of ether oxygens (including phenoxy) is 2. The van der Waals surface area contributed by atoms with E-state index in [0.29, 0.717) is 23.7 Å². The van der Waals surface area contributed by atoms with Crippen LogP contribution in [0.3, 0.4) is 0 Å². The molecule has 1 N–H and O–H groups in total. The lowest BCUT2D eigenvalue weighted by atomic mass is 10.2. The molecule has 2 aromatic rings. The van der Waals surface area contributed by atoms with E-state index < -0.39 is 0 Å². The number of nitrogens with one attached hydrogen (secondary N) is 1. The normalized spacial score (nSPS) is 11.9. The van der Waals surface area contributed by atoms with Crippen LogP contribution in [0.5, 0.6) is 11.5 Å². The fourth-order valence-electron chi connectivity index (χ4n) is 2.35. The fourth-order valence-corrected chi connectivity index (χ4v) is 2.35. The van der Waals surface area contributed by atoms with E-state index in [9.17, 15) is 4.79 Å². The number of methoxy groups -OCH3 is 2. The Morgan fingerprint density at radius 3 is 2.46 bits per heavy atom. The van der Waals surface area contributed by atoms with Crippen molar-refractivity contribution in [3.05, 3.63) is 54.1 Å². The summed E-state index contributed by atoms with van der Waals surface area (Å²) in [5.74, 6) is 1.16. The van der Waals surface area contributed by atoms with Crippen molar-refractivity contribution in [3.63, 3.8) is 0 Å². The Bertz CT molecular complexity index is 674. The van der Waals surface area contributed by atoms with Gasteiger partial charge in [-0.2, -0.15) is 0 Å². The molecule has 0 aliphatic heterocycles. The van der Waals surface area contributed by atoms with Crippen molar-refractivity contribution in [2.75, 3.05) is 26.6 Å². The number of carbonyl (C=O) groups excluding carboxylic acids is 1. The Morgan fingerprint density at radius 1 is 1.12 bits per heavy atom. The number of nitrogens with zero attached hydrogens (tertiary/aromatic N) is 1. The molecule has 0 spiro atoms. The summed E-state index contributed by atoms with van der Waals surface area (Å²) < 4.78 is 10.5. The zero-order valence-electron chi connectivity index (χ0n) is 14.6. The lowest BCUT2D eigenvalue weighted by molar-refractivity contribution is -0.120. The first-order valence-corrected chi connectivity index (χ1v) is 7.82. The van der Waals surface area contributed by atoms with E-state index in [1.807, 2.05) is 49.2 Å². The summed E-state index contributed by atoms with van der Waals surface area (Å²) in [5, 5.41) is 2.92. The molecule has 2 aromatic carbocycles. The minimum absolute atomic E-state index is 0.0862. The van der Waals surface area contributed by atoms with Gasteiger partial charge in [0.15, 0.2) is 0 Å². The van der Waals surface area contributed by atoms with Crippen LogP contribution in [0.2, 0.25) is 0 Å².